The standard InChI is InChI=1S/C21H27N3O4/c1-27-19-4-3-16(11-17(19)13-24-8-2-7-22-24)12-23-14-18(20(25)26)21(15-23)5-9-28-10-6-21/h2-4,7-8,11,18H,5-6,9-10,12-15H2,1H3,(H,25,26). The van der Waals surface area contributed by atoms with Crippen molar-refractivity contribution in [3.05, 3.63) is 47.8 Å². The van der Waals surface area contributed by atoms with Gasteiger partial charge in [-0.05, 0) is 36.6 Å². The second kappa shape index (κ2) is 7.93. The zero-order valence-corrected chi connectivity index (χ0v) is 16.2. The molecule has 1 unspecified atom stereocenters. The number of carboxylic acids is 1. The third-order valence-corrected chi connectivity index (χ3v) is 6.15. The minimum absolute atomic E-state index is 0.158. The number of aliphatic carboxylic acids is 1. The van der Waals surface area contributed by atoms with Gasteiger partial charge in [0.2, 0.25) is 0 Å². The number of carbonyl (C=O) groups is 1. The summed E-state index contributed by atoms with van der Waals surface area (Å²) in [7, 11) is 1.68. The predicted molar refractivity (Wildman–Crippen MR) is 103 cm³/mol. The number of benzene rings is 1. The molecule has 2 aliphatic heterocycles. The maximum Gasteiger partial charge on any atom is 0.308 e. The van der Waals surface area contributed by atoms with Gasteiger partial charge in [0.15, 0.2) is 0 Å². The normalized spacial score (nSPS) is 21.8. The maximum atomic E-state index is 11.9. The van der Waals surface area contributed by atoms with Crippen LogP contribution in [0.15, 0.2) is 36.7 Å². The Labute approximate surface area is 164 Å². The van der Waals surface area contributed by atoms with E-state index in [1.54, 1.807) is 13.3 Å². The number of aromatic nitrogens is 2. The third-order valence-electron chi connectivity index (χ3n) is 6.15. The molecule has 1 aromatic carbocycles. The van der Waals surface area contributed by atoms with Crippen molar-refractivity contribution in [3.8, 4) is 5.75 Å². The lowest BCUT2D eigenvalue weighted by Crippen LogP contribution is -2.40. The molecule has 7 heteroatoms. The van der Waals surface area contributed by atoms with Crippen LogP contribution in [0.4, 0.5) is 0 Å². The number of hydrogen-bond donors (Lipinski definition) is 1. The van der Waals surface area contributed by atoms with Crippen LogP contribution in [0.2, 0.25) is 0 Å². The van der Waals surface area contributed by atoms with Gasteiger partial charge in [0.05, 0.1) is 19.6 Å². The molecule has 2 aromatic rings. The van der Waals surface area contributed by atoms with Crippen LogP contribution in [0.3, 0.4) is 0 Å². The molecular weight excluding hydrogens is 358 g/mol. The summed E-state index contributed by atoms with van der Waals surface area (Å²) >= 11 is 0. The van der Waals surface area contributed by atoms with E-state index >= 15 is 0 Å². The van der Waals surface area contributed by atoms with Gasteiger partial charge in [-0.3, -0.25) is 14.4 Å². The van der Waals surface area contributed by atoms with Crippen molar-refractivity contribution in [3.63, 3.8) is 0 Å². The van der Waals surface area contributed by atoms with Crippen LogP contribution in [0.25, 0.3) is 0 Å². The largest absolute Gasteiger partial charge is 0.496 e. The zero-order valence-electron chi connectivity index (χ0n) is 16.2. The van der Waals surface area contributed by atoms with Crippen LogP contribution < -0.4 is 4.74 Å². The van der Waals surface area contributed by atoms with Crippen LogP contribution in [-0.4, -0.2) is 59.2 Å². The van der Waals surface area contributed by atoms with Gasteiger partial charge in [0.1, 0.15) is 5.75 Å². The molecular formula is C21H27N3O4. The summed E-state index contributed by atoms with van der Waals surface area (Å²) in [6.45, 7) is 4.11. The number of rotatable bonds is 6. The first-order valence-electron chi connectivity index (χ1n) is 9.76. The fourth-order valence-electron chi connectivity index (χ4n) is 4.70. The van der Waals surface area contributed by atoms with Gasteiger partial charge in [-0.1, -0.05) is 6.07 Å². The molecule has 1 atom stereocenters. The average molecular weight is 385 g/mol. The molecule has 28 heavy (non-hydrogen) atoms. The van der Waals surface area contributed by atoms with E-state index in [1.807, 2.05) is 23.0 Å². The van der Waals surface area contributed by atoms with Crippen LogP contribution in [-0.2, 0) is 22.6 Å². The molecule has 150 valence electrons. The predicted octanol–water partition coefficient (Wildman–Crippen LogP) is 2.25. The van der Waals surface area contributed by atoms with Crippen LogP contribution in [0.5, 0.6) is 5.75 Å². The first-order chi connectivity index (χ1) is 13.6. The van der Waals surface area contributed by atoms with Gasteiger partial charge in [0, 0.05) is 56.2 Å². The van der Waals surface area contributed by atoms with E-state index in [2.05, 4.69) is 22.1 Å². The first kappa shape index (κ1) is 19.0. The Hall–Kier alpha value is -2.38. The minimum Gasteiger partial charge on any atom is -0.496 e. The van der Waals surface area contributed by atoms with E-state index in [4.69, 9.17) is 9.47 Å². The smallest absolute Gasteiger partial charge is 0.308 e. The highest BCUT2D eigenvalue weighted by Gasteiger charge is 2.50. The molecule has 2 saturated heterocycles. The number of ether oxygens (including phenoxy) is 2. The van der Waals surface area contributed by atoms with Crippen molar-refractivity contribution < 1.29 is 19.4 Å². The lowest BCUT2D eigenvalue weighted by atomic mass is 9.72. The van der Waals surface area contributed by atoms with Crippen LogP contribution in [0, 0.1) is 11.3 Å². The highest BCUT2D eigenvalue weighted by Crippen LogP contribution is 2.44. The van der Waals surface area contributed by atoms with Crippen LogP contribution >= 0.6 is 0 Å². The summed E-state index contributed by atoms with van der Waals surface area (Å²) < 4.78 is 12.9. The Morgan fingerprint density at radius 2 is 2.18 bits per heavy atom. The molecule has 0 bridgehead atoms. The van der Waals surface area contributed by atoms with E-state index in [9.17, 15) is 9.90 Å². The highest BCUT2D eigenvalue weighted by molar-refractivity contribution is 5.72. The Balaban J connectivity index is 1.51. The molecule has 0 saturated carbocycles. The second-order valence-corrected chi connectivity index (χ2v) is 7.89. The van der Waals surface area contributed by atoms with Crippen molar-refractivity contribution in [1.82, 2.24) is 14.7 Å². The number of carboxylic acid groups (broad SMARTS) is 1. The van der Waals surface area contributed by atoms with E-state index in [-0.39, 0.29) is 11.3 Å². The first-order valence-corrected chi connectivity index (χ1v) is 9.76. The summed E-state index contributed by atoms with van der Waals surface area (Å²) in [5.41, 5.74) is 2.07. The summed E-state index contributed by atoms with van der Waals surface area (Å²) in [4.78, 5) is 14.2. The fourth-order valence-corrected chi connectivity index (χ4v) is 4.70. The van der Waals surface area contributed by atoms with Crippen molar-refractivity contribution in [2.24, 2.45) is 11.3 Å². The topological polar surface area (TPSA) is 76.8 Å². The molecule has 1 N–H and O–H groups in total. The number of nitrogens with zero attached hydrogens (tertiary/aromatic N) is 3. The van der Waals surface area contributed by atoms with Gasteiger partial charge in [-0.15, -0.1) is 0 Å². The van der Waals surface area contributed by atoms with Crippen molar-refractivity contribution in [2.45, 2.75) is 25.9 Å². The van der Waals surface area contributed by atoms with E-state index in [0.717, 1.165) is 42.8 Å². The maximum absolute atomic E-state index is 11.9. The van der Waals surface area contributed by atoms with Crippen LogP contribution in [0.1, 0.15) is 24.0 Å². The molecule has 0 radical (unpaired) electrons. The number of likely N-dealkylation sites (tertiary alicyclic amines) is 1. The minimum atomic E-state index is -0.682. The monoisotopic (exact) mass is 385 g/mol. The second-order valence-electron chi connectivity index (χ2n) is 7.89. The summed E-state index contributed by atoms with van der Waals surface area (Å²) in [6, 6.07) is 8.10. The molecule has 2 fully saturated rings. The van der Waals surface area contributed by atoms with Gasteiger partial charge in [-0.25, -0.2) is 0 Å². The Morgan fingerprint density at radius 3 is 2.86 bits per heavy atom. The molecule has 1 aromatic heterocycles. The van der Waals surface area contributed by atoms with Crippen molar-refractivity contribution in [1.29, 1.82) is 0 Å². The molecule has 7 nitrogen and oxygen atoms in total. The lowest BCUT2D eigenvalue weighted by Gasteiger charge is -2.36. The third kappa shape index (κ3) is 3.77. The van der Waals surface area contributed by atoms with Crippen molar-refractivity contribution >= 4 is 5.97 Å². The SMILES string of the molecule is COc1ccc(CN2CC(C(=O)O)C3(CCOCC3)C2)cc1Cn1cccn1. The van der Waals surface area contributed by atoms with E-state index in [1.165, 1.54) is 0 Å². The summed E-state index contributed by atoms with van der Waals surface area (Å²) in [6.07, 6.45) is 5.35. The Kier molecular flexibility index (Phi) is 5.37. The van der Waals surface area contributed by atoms with Crippen molar-refractivity contribution in [2.75, 3.05) is 33.4 Å². The highest BCUT2D eigenvalue weighted by atomic mass is 16.5. The quantitative estimate of drug-likeness (QED) is 0.822. The van der Waals surface area contributed by atoms with Gasteiger partial charge >= 0.3 is 5.97 Å². The zero-order chi connectivity index (χ0) is 19.6. The van der Waals surface area contributed by atoms with Gasteiger partial charge in [-0.2, -0.15) is 5.10 Å². The molecule has 3 heterocycles. The summed E-state index contributed by atoms with van der Waals surface area (Å²) in [5, 5.41) is 14.1. The average Bonchev–Trinajstić information content (AvgIpc) is 3.31. The van der Waals surface area contributed by atoms with Gasteiger partial charge < -0.3 is 14.6 Å². The molecule has 4 rings (SSSR count). The molecule has 0 amide bonds. The van der Waals surface area contributed by atoms with E-state index in [0.29, 0.717) is 26.3 Å². The molecule has 0 aliphatic carbocycles. The Morgan fingerprint density at radius 1 is 1.36 bits per heavy atom. The molecule has 2 aliphatic rings. The summed E-state index contributed by atoms with van der Waals surface area (Å²) in [5.74, 6) is -0.165. The van der Waals surface area contributed by atoms with E-state index < -0.39 is 5.97 Å². The fraction of sp³-hybridized carbons (Fsp3) is 0.524. The van der Waals surface area contributed by atoms with Gasteiger partial charge in [0.25, 0.3) is 0 Å². The number of methoxy groups -OCH3 is 1. The number of hydrogen-bond acceptors (Lipinski definition) is 5. The Bertz CT molecular complexity index is 815. The lowest BCUT2D eigenvalue weighted by molar-refractivity contribution is -0.147. The molecule has 1 spiro atoms.